The lowest BCUT2D eigenvalue weighted by molar-refractivity contribution is -0.0417. The summed E-state index contributed by atoms with van der Waals surface area (Å²) in [5.41, 5.74) is 0. The summed E-state index contributed by atoms with van der Waals surface area (Å²) in [4.78, 5) is 0. The van der Waals surface area contributed by atoms with Crippen molar-refractivity contribution in [3.8, 4) is 0 Å². The number of ether oxygens (including phenoxy) is 1. The quantitative estimate of drug-likeness (QED) is 0.743. The number of nitrogens with one attached hydrogen (secondary N) is 2. The van der Waals surface area contributed by atoms with E-state index >= 15 is 0 Å². The molecule has 1 saturated heterocycles. The average molecular weight is 304 g/mol. The predicted octanol–water partition coefficient (Wildman–Crippen LogP) is 1.25. The van der Waals surface area contributed by atoms with E-state index in [1.54, 1.807) is 0 Å². The van der Waals surface area contributed by atoms with Gasteiger partial charge in [0.15, 0.2) is 0 Å². The van der Waals surface area contributed by atoms with Gasteiger partial charge in [-0.15, -0.1) is 0 Å². The summed E-state index contributed by atoms with van der Waals surface area (Å²) in [6.45, 7) is 5.28. The Balaban J connectivity index is 1.63. The fourth-order valence-corrected chi connectivity index (χ4v) is 4.00. The molecule has 1 aliphatic carbocycles. The monoisotopic (exact) mass is 304 g/mol. The molecule has 2 rings (SSSR count). The molecule has 20 heavy (non-hydrogen) atoms. The number of sulfonamides is 1. The third-order valence-corrected chi connectivity index (χ3v) is 5.67. The second-order valence-electron chi connectivity index (χ2n) is 6.34. The number of rotatable bonds is 7. The lowest BCUT2D eigenvalue weighted by Crippen LogP contribution is -2.44. The molecule has 0 aromatic heterocycles. The van der Waals surface area contributed by atoms with Crippen molar-refractivity contribution in [1.82, 2.24) is 10.0 Å². The molecule has 1 unspecified atom stereocenters. The maximum atomic E-state index is 11.9. The second kappa shape index (κ2) is 7.20. The van der Waals surface area contributed by atoms with Crippen molar-refractivity contribution in [3.05, 3.63) is 0 Å². The molecule has 5 nitrogen and oxygen atoms in total. The third-order valence-electron chi connectivity index (χ3n) is 4.32. The van der Waals surface area contributed by atoms with Gasteiger partial charge < -0.3 is 10.1 Å². The van der Waals surface area contributed by atoms with Crippen LogP contribution in [0, 0.1) is 5.92 Å². The van der Waals surface area contributed by atoms with E-state index in [4.69, 9.17) is 4.74 Å². The van der Waals surface area contributed by atoms with E-state index in [0.29, 0.717) is 25.0 Å². The van der Waals surface area contributed by atoms with Crippen molar-refractivity contribution in [1.29, 1.82) is 0 Å². The first-order chi connectivity index (χ1) is 9.44. The summed E-state index contributed by atoms with van der Waals surface area (Å²) in [6, 6.07) is 0.371. The highest BCUT2D eigenvalue weighted by atomic mass is 32.2. The zero-order valence-electron chi connectivity index (χ0n) is 12.6. The lowest BCUT2D eigenvalue weighted by atomic mass is 9.86. The Bertz CT molecular complexity index is 385. The molecule has 6 heteroatoms. The van der Waals surface area contributed by atoms with E-state index in [-0.39, 0.29) is 18.0 Å². The Morgan fingerprint density at radius 2 is 1.80 bits per heavy atom. The number of hydrogen-bond acceptors (Lipinski definition) is 4. The minimum absolute atomic E-state index is 0.167. The molecule has 3 atom stereocenters. The van der Waals surface area contributed by atoms with Gasteiger partial charge in [0, 0.05) is 19.1 Å². The van der Waals surface area contributed by atoms with E-state index < -0.39 is 10.0 Å². The lowest BCUT2D eigenvalue weighted by Gasteiger charge is -2.32. The van der Waals surface area contributed by atoms with Gasteiger partial charge in [0.25, 0.3) is 0 Å². The van der Waals surface area contributed by atoms with Gasteiger partial charge in [-0.05, 0) is 45.4 Å². The molecule has 2 fully saturated rings. The smallest absolute Gasteiger partial charge is 0.212 e. The summed E-state index contributed by atoms with van der Waals surface area (Å²) >= 11 is 0. The van der Waals surface area contributed by atoms with E-state index in [1.165, 1.54) is 19.3 Å². The molecule has 0 aromatic carbocycles. The van der Waals surface area contributed by atoms with E-state index in [9.17, 15) is 8.42 Å². The molecule has 1 aliphatic heterocycles. The van der Waals surface area contributed by atoms with Crippen molar-refractivity contribution in [2.24, 2.45) is 5.92 Å². The first-order valence-electron chi connectivity index (χ1n) is 7.81. The maximum Gasteiger partial charge on any atom is 0.212 e. The van der Waals surface area contributed by atoms with Crippen LogP contribution in [0.5, 0.6) is 0 Å². The molecule has 0 amide bonds. The van der Waals surface area contributed by atoms with Crippen molar-refractivity contribution >= 4 is 10.0 Å². The molecule has 118 valence electrons. The fraction of sp³-hybridized carbons (Fsp3) is 1.00. The van der Waals surface area contributed by atoms with Crippen LogP contribution in [0.2, 0.25) is 0 Å². The van der Waals surface area contributed by atoms with Crippen LogP contribution in [0.3, 0.4) is 0 Å². The van der Waals surface area contributed by atoms with Crippen LogP contribution in [0.4, 0.5) is 0 Å². The summed E-state index contributed by atoms with van der Waals surface area (Å²) in [6.07, 6.45) is 6.00. The van der Waals surface area contributed by atoms with Crippen LogP contribution in [0.1, 0.15) is 46.0 Å². The Labute approximate surface area is 122 Å². The van der Waals surface area contributed by atoms with Crippen LogP contribution in [0.25, 0.3) is 0 Å². The molecule has 0 bridgehead atoms. The van der Waals surface area contributed by atoms with Gasteiger partial charge in [-0.25, -0.2) is 13.1 Å². The molecule has 0 aromatic rings. The van der Waals surface area contributed by atoms with Crippen molar-refractivity contribution in [3.63, 3.8) is 0 Å². The molecular formula is C14H28N2O3S. The van der Waals surface area contributed by atoms with Gasteiger partial charge in [-0.2, -0.15) is 0 Å². The van der Waals surface area contributed by atoms with Gasteiger partial charge in [0.1, 0.15) is 0 Å². The standard InChI is InChI=1S/C14H28N2O3S/c1-11-8-14(9-12(2)19-11)15-6-7-20(17,18)16-10-13-4-3-5-13/h11-16H,3-10H2,1-2H3/t11-,12+,14?. The Hall–Kier alpha value is -0.170. The largest absolute Gasteiger partial charge is 0.375 e. The second-order valence-corrected chi connectivity index (χ2v) is 8.27. The highest BCUT2D eigenvalue weighted by Crippen LogP contribution is 2.25. The zero-order valence-corrected chi connectivity index (χ0v) is 13.4. The Morgan fingerprint density at radius 1 is 1.15 bits per heavy atom. The van der Waals surface area contributed by atoms with Gasteiger partial charge in [0.05, 0.1) is 18.0 Å². The average Bonchev–Trinajstić information content (AvgIpc) is 2.24. The van der Waals surface area contributed by atoms with Gasteiger partial charge in [-0.1, -0.05) is 6.42 Å². The van der Waals surface area contributed by atoms with Gasteiger partial charge >= 0.3 is 0 Å². The summed E-state index contributed by atoms with van der Waals surface area (Å²) in [5.74, 6) is 0.731. The summed E-state index contributed by atoms with van der Waals surface area (Å²) in [7, 11) is -3.12. The molecule has 2 N–H and O–H groups in total. The minimum Gasteiger partial charge on any atom is -0.375 e. The molecule has 2 aliphatic rings. The maximum absolute atomic E-state index is 11.9. The first kappa shape index (κ1) is 16.2. The van der Waals surface area contributed by atoms with Crippen LogP contribution < -0.4 is 10.0 Å². The van der Waals surface area contributed by atoms with E-state index in [0.717, 1.165) is 12.8 Å². The van der Waals surface area contributed by atoms with Gasteiger partial charge in [-0.3, -0.25) is 0 Å². The molecule has 0 spiro atoms. The topological polar surface area (TPSA) is 67.4 Å². The highest BCUT2D eigenvalue weighted by Gasteiger charge is 2.24. The highest BCUT2D eigenvalue weighted by molar-refractivity contribution is 7.89. The van der Waals surface area contributed by atoms with Gasteiger partial charge in [0.2, 0.25) is 10.0 Å². The summed E-state index contributed by atoms with van der Waals surface area (Å²) in [5, 5.41) is 3.35. The molecule has 0 radical (unpaired) electrons. The first-order valence-corrected chi connectivity index (χ1v) is 9.46. The Kier molecular flexibility index (Phi) is 5.84. The molecule has 1 saturated carbocycles. The van der Waals surface area contributed by atoms with Crippen LogP contribution in [-0.4, -0.2) is 45.5 Å². The fourth-order valence-electron chi connectivity index (χ4n) is 2.98. The van der Waals surface area contributed by atoms with Crippen LogP contribution in [0.15, 0.2) is 0 Å². The van der Waals surface area contributed by atoms with Crippen LogP contribution in [-0.2, 0) is 14.8 Å². The van der Waals surface area contributed by atoms with Crippen molar-refractivity contribution in [2.45, 2.75) is 64.2 Å². The number of hydrogen-bond donors (Lipinski definition) is 2. The normalized spacial score (nSPS) is 32.0. The van der Waals surface area contributed by atoms with E-state index in [1.807, 2.05) is 0 Å². The SMILES string of the molecule is C[C@@H]1CC(NCCS(=O)(=O)NCC2CCC2)C[C@H](C)O1. The summed E-state index contributed by atoms with van der Waals surface area (Å²) < 4.78 is 32.1. The third kappa shape index (κ3) is 5.31. The van der Waals surface area contributed by atoms with E-state index in [2.05, 4.69) is 23.9 Å². The molecule has 1 heterocycles. The zero-order chi connectivity index (χ0) is 14.6. The van der Waals surface area contributed by atoms with Crippen LogP contribution >= 0.6 is 0 Å². The molecular weight excluding hydrogens is 276 g/mol. The van der Waals surface area contributed by atoms with Crippen molar-refractivity contribution in [2.75, 3.05) is 18.8 Å². The predicted molar refractivity (Wildman–Crippen MR) is 80.2 cm³/mol. The Morgan fingerprint density at radius 3 is 2.35 bits per heavy atom. The minimum atomic E-state index is -3.12. The van der Waals surface area contributed by atoms with Crippen molar-refractivity contribution < 1.29 is 13.2 Å².